The number of carbonyl (C=O) groups excluding carboxylic acids is 1. The number of thiophene rings is 1. The Morgan fingerprint density at radius 3 is 2.58 bits per heavy atom. The molecule has 0 saturated carbocycles. The van der Waals surface area contributed by atoms with Gasteiger partial charge in [-0.1, -0.05) is 0 Å². The second-order valence-corrected chi connectivity index (χ2v) is 9.73. The molecule has 24 heavy (non-hydrogen) atoms. The van der Waals surface area contributed by atoms with Crippen molar-refractivity contribution in [3.8, 4) is 0 Å². The van der Waals surface area contributed by atoms with E-state index in [0.29, 0.717) is 24.8 Å². The summed E-state index contributed by atoms with van der Waals surface area (Å²) in [4.78, 5) is 16.5. The highest BCUT2D eigenvalue weighted by atomic mass is 32.2. The molecule has 8 heteroatoms. The molecule has 1 aromatic rings. The van der Waals surface area contributed by atoms with Crippen LogP contribution in [0.3, 0.4) is 0 Å². The Morgan fingerprint density at radius 1 is 1.29 bits per heavy atom. The van der Waals surface area contributed by atoms with E-state index in [-0.39, 0.29) is 5.91 Å². The summed E-state index contributed by atoms with van der Waals surface area (Å²) in [5.74, 6) is 1.54. The molecule has 0 unspecified atom stereocenters. The zero-order chi connectivity index (χ0) is 17.2. The monoisotopic (exact) mass is 371 g/mol. The summed E-state index contributed by atoms with van der Waals surface area (Å²) in [7, 11) is -3.16. The summed E-state index contributed by atoms with van der Waals surface area (Å²) in [6, 6.07) is 3.80. The van der Waals surface area contributed by atoms with Crippen LogP contribution in [0.15, 0.2) is 12.1 Å². The van der Waals surface area contributed by atoms with Crippen molar-refractivity contribution in [1.29, 1.82) is 0 Å². The maximum atomic E-state index is 12.7. The molecule has 2 N–H and O–H groups in total. The van der Waals surface area contributed by atoms with Gasteiger partial charge in [-0.2, -0.15) is 0 Å². The van der Waals surface area contributed by atoms with E-state index < -0.39 is 10.0 Å². The molecule has 2 fully saturated rings. The van der Waals surface area contributed by atoms with Crippen molar-refractivity contribution in [3.63, 3.8) is 0 Å². The molecule has 2 aliphatic rings. The van der Waals surface area contributed by atoms with Crippen LogP contribution < -0.4 is 10.0 Å². The third-order valence-electron chi connectivity index (χ3n) is 4.91. The summed E-state index contributed by atoms with van der Waals surface area (Å²) < 4.78 is 24.6. The van der Waals surface area contributed by atoms with Crippen LogP contribution in [0.2, 0.25) is 0 Å². The number of amides is 1. The van der Waals surface area contributed by atoms with Crippen LogP contribution in [0.5, 0.6) is 0 Å². The Bertz CT molecular complexity index is 672. The fourth-order valence-corrected chi connectivity index (χ4v) is 5.01. The zero-order valence-corrected chi connectivity index (χ0v) is 15.6. The van der Waals surface area contributed by atoms with E-state index in [1.807, 2.05) is 17.0 Å². The first-order valence-electron chi connectivity index (χ1n) is 8.46. The molecule has 0 bridgehead atoms. The predicted molar refractivity (Wildman–Crippen MR) is 95.9 cm³/mol. The molecule has 2 atom stereocenters. The Morgan fingerprint density at radius 2 is 1.96 bits per heavy atom. The first kappa shape index (κ1) is 17.8. The Hall–Kier alpha value is -0.960. The van der Waals surface area contributed by atoms with Crippen LogP contribution in [0.4, 0.5) is 0 Å². The number of rotatable bonds is 5. The first-order chi connectivity index (χ1) is 11.4. The van der Waals surface area contributed by atoms with Crippen molar-refractivity contribution < 1.29 is 13.2 Å². The Labute approximate surface area is 147 Å². The highest BCUT2D eigenvalue weighted by Crippen LogP contribution is 2.28. The van der Waals surface area contributed by atoms with Crippen molar-refractivity contribution >= 4 is 27.3 Å². The van der Waals surface area contributed by atoms with Gasteiger partial charge in [-0.3, -0.25) is 4.79 Å². The van der Waals surface area contributed by atoms with Gasteiger partial charge >= 0.3 is 0 Å². The van der Waals surface area contributed by atoms with E-state index in [2.05, 4.69) is 10.0 Å². The lowest BCUT2D eigenvalue weighted by molar-refractivity contribution is 0.0763. The highest BCUT2D eigenvalue weighted by Gasteiger charge is 2.31. The summed E-state index contributed by atoms with van der Waals surface area (Å²) in [6.07, 6.45) is 3.93. The highest BCUT2D eigenvalue weighted by molar-refractivity contribution is 7.88. The van der Waals surface area contributed by atoms with Gasteiger partial charge in [0.05, 0.1) is 11.1 Å². The van der Waals surface area contributed by atoms with Gasteiger partial charge in [-0.25, -0.2) is 13.1 Å². The van der Waals surface area contributed by atoms with Gasteiger partial charge in [0.25, 0.3) is 5.91 Å². The third-order valence-corrected chi connectivity index (χ3v) is 6.78. The van der Waals surface area contributed by atoms with E-state index in [0.717, 1.165) is 55.0 Å². The van der Waals surface area contributed by atoms with Gasteiger partial charge in [0.15, 0.2) is 0 Å². The summed E-state index contributed by atoms with van der Waals surface area (Å²) in [5.41, 5.74) is 0. The van der Waals surface area contributed by atoms with Crippen molar-refractivity contribution in [3.05, 3.63) is 21.9 Å². The van der Waals surface area contributed by atoms with Crippen LogP contribution in [-0.2, 0) is 16.4 Å². The molecule has 6 nitrogen and oxygen atoms in total. The molecule has 0 aromatic carbocycles. The lowest BCUT2D eigenvalue weighted by Gasteiger charge is -2.20. The topological polar surface area (TPSA) is 78.5 Å². The smallest absolute Gasteiger partial charge is 0.263 e. The second kappa shape index (κ2) is 7.51. The predicted octanol–water partition coefficient (Wildman–Crippen LogP) is 0.911. The summed E-state index contributed by atoms with van der Waals surface area (Å²) >= 11 is 1.47. The molecule has 0 radical (unpaired) electrons. The van der Waals surface area contributed by atoms with E-state index >= 15 is 0 Å². The second-order valence-electron chi connectivity index (χ2n) is 6.73. The normalized spacial score (nSPS) is 24.6. The van der Waals surface area contributed by atoms with Crippen molar-refractivity contribution in [2.75, 3.05) is 39.0 Å². The van der Waals surface area contributed by atoms with Gasteiger partial charge in [0, 0.05) is 24.5 Å². The number of hydrogen-bond acceptors (Lipinski definition) is 5. The number of sulfonamides is 1. The molecule has 1 amide bonds. The van der Waals surface area contributed by atoms with E-state index in [1.165, 1.54) is 11.3 Å². The molecular weight excluding hydrogens is 346 g/mol. The lowest BCUT2D eigenvalue weighted by Crippen LogP contribution is -2.32. The molecule has 0 spiro atoms. The van der Waals surface area contributed by atoms with Crippen molar-refractivity contribution in [1.82, 2.24) is 14.9 Å². The third kappa shape index (κ3) is 4.56. The van der Waals surface area contributed by atoms with Gasteiger partial charge in [0.2, 0.25) is 10.0 Å². The molecule has 134 valence electrons. The standard InChI is InChI=1S/C16H25N3O3S2/c1-24(21,22)18-7-4-14-2-3-15(23-14)16(20)19-8-5-12-10-17-11-13(12)6-9-19/h2-3,12-13,17-18H,4-11H2,1H3/t12-,13+. The number of nitrogens with zero attached hydrogens (tertiary/aromatic N) is 1. The minimum absolute atomic E-state index is 0.121. The maximum Gasteiger partial charge on any atom is 0.263 e. The Balaban J connectivity index is 1.55. The largest absolute Gasteiger partial charge is 0.338 e. The first-order valence-corrected chi connectivity index (χ1v) is 11.2. The van der Waals surface area contributed by atoms with Crippen LogP contribution in [0, 0.1) is 11.8 Å². The van der Waals surface area contributed by atoms with Crippen LogP contribution in [0.1, 0.15) is 27.4 Å². The molecule has 0 aliphatic carbocycles. The number of likely N-dealkylation sites (tertiary alicyclic amines) is 1. The molecular formula is C16H25N3O3S2. The minimum Gasteiger partial charge on any atom is -0.338 e. The van der Waals surface area contributed by atoms with Crippen LogP contribution >= 0.6 is 11.3 Å². The van der Waals surface area contributed by atoms with Crippen LogP contribution in [0.25, 0.3) is 0 Å². The number of hydrogen-bond donors (Lipinski definition) is 2. The average Bonchev–Trinajstić information content (AvgIpc) is 3.11. The van der Waals surface area contributed by atoms with Crippen molar-refractivity contribution in [2.45, 2.75) is 19.3 Å². The van der Waals surface area contributed by atoms with Gasteiger partial charge < -0.3 is 10.2 Å². The van der Waals surface area contributed by atoms with Gasteiger partial charge in [-0.15, -0.1) is 11.3 Å². The lowest BCUT2D eigenvalue weighted by atomic mass is 9.92. The maximum absolute atomic E-state index is 12.7. The van der Waals surface area contributed by atoms with E-state index in [9.17, 15) is 13.2 Å². The Kier molecular flexibility index (Phi) is 5.59. The molecule has 2 aliphatic heterocycles. The molecule has 1 aromatic heterocycles. The summed E-state index contributed by atoms with van der Waals surface area (Å²) in [6.45, 7) is 4.22. The van der Waals surface area contributed by atoms with Gasteiger partial charge in [-0.05, 0) is 56.3 Å². The fourth-order valence-electron chi connectivity index (χ4n) is 3.56. The zero-order valence-electron chi connectivity index (χ0n) is 14.0. The quantitative estimate of drug-likeness (QED) is 0.806. The molecule has 3 rings (SSSR count). The minimum atomic E-state index is -3.16. The van der Waals surface area contributed by atoms with Crippen LogP contribution in [-0.4, -0.2) is 58.2 Å². The molecule has 3 heterocycles. The van der Waals surface area contributed by atoms with E-state index in [1.54, 1.807) is 0 Å². The number of nitrogens with one attached hydrogen (secondary N) is 2. The van der Waals surface area contributed by atoms with Crippen molar-refractivity contribution in [2.24, 2.45) is 11.8 Å². The number of fused-ring (bicyclic) bond motifs is 1. The average molecular weight is 372 g/mol. The fraction of sp³-hybridized carbons (Fsp3) is 0.688. The molecule has 2 saturated heterocycles. The summed E-state index contributed by atoms with van der Waals surface area (Å²) in [5, 5.41) is 3.45. The SMILES string of the molecule is CS(=O)(=O)NCCc1ccc(C(=O)N2CC[C@@H]3CNC[C@@H]3CC2)s1. The van der Waals surface area contributed by atoms with Gasteiger partial charge in [0.1, 0.15) is 0 Å². The van der Waals surface area contributed by atoms with E-state index in [4.69, 9.17) is 0 Å². The number of carbonyl (C=O) groups is 1.